The molecule has 1 amide bonds. The Hall–Kier alpha value is -1.65. The van der Waals surface area contributed by atoms with Crippen molar-refractivity contribution in [2.45, 2.75) is 24.7 Å². The van der Waals surface area contributed by atoms with Gasteiger partial charge in [-0.25, -0.2) is 0 Å². The Labute approximate surface area is 146 Å². The molecule has 1 N–H and O–H groups in total. The maximum atomic E-state index is 12.1. The van der Waals surface area contributed by atoms with Crippen LogP contribution in [0.5, 0.6) is 5.75 Å². The predicted octanol–water partition coefficient (Wildman–Crippen LogP) is 5.17. The molecular formula is C18H20ClNO2S. The van der Waals surface area contributed by atoms with E-state index in [1.165, 1.54) is 4.90 Å². The van der Waals surface area contributed by atoms with Gasteiger partial charge in [0.05, 0.1) is 12.8 Å². The van der Waals surface area contributed by atoms with Crippen molar-refractivity contribution in [3.05, 3.63) is 53.1 Å². The summed E-state index contributed by atoms with van der Waals surface area (Å²) in [7, 11) is 1.56. The monoisotopic (exact) mass is 349 g/mol. The highest BCUT2D eigenvalue weighted by Crippen LogP contribution is 2.31. The van der Waals surface area contributed by atoms with Crippen molar-refractivity contribution in [2.75, 3.05) is 18.2 Å². The minimum Gasteiger partial charge on any atom is -0.495 e. The molecule has 5 heteroatoms. The van der Waals surface area contributed by atoms with Gasteiger partial charge in [0.2, 0.25) is 5.91 Å². The molecule has 0 bridgehead atoms. The molecule has 0 radical (unpaired) electrons. The molecule has 0 aromatic heterocycles. The first-order valence-corrected chi connectivity index (χ1v) is 8.78. The lowest BCUT2D eigenvalue weighted by Crippen LogP contribution is -2.12. The van der Waals surface area contributed by atoms with Gasteiger partial charge in [0, 0.05) is 22.4 Å². The summed E-state index contributed by atoms with van der Waals surface area (Å²) < 4.78 is 5.26. The number of ether oxygens (including phenoxy) is 1. The number of benzene rings is 2. The van der Waals surface area contributed by atoms with Crippen molar-refractivity contribution < 1.29 is 9.53 Å². The lowest BCUT2D eigenvalue weighted by atomic mass is 10.2. The van der Waals surface area contributed by atoms with Gasteiger partial charge in [-0.15, -0.1) is 11.8 Å². The summed E-state index contributed by atoms with van der Waals surface area (Å²) in [6, 6.07) is 13.7. The highest BCUT2D eigenvalue weighted by molar-refractivity contribution is 7.99. The Kier molecular flexibility index (Phi) is 6.81. The SMILES string of the molecule is COc1cc(Cl)c(C)cc1NC(=O)CCCSc1ccccc1. The van der Waals surface area contributed by atoms with Crippen molar-refractivity contribution in [1.29, 1.82) is 0 Å². The number of carbonyl (C=O) groups is 1. The van der Waals surface area contributed by atoms with Crippen LogP contribution in [-0.4, -0.2) is 18.8 Å². The van der Waals surface area contributed by atoms with E-state index in [2.05, 4.69) is 17.4 Å². The van der Waals surface area contributed by atoms with Gasteiger partial charge in [-0.3, -0.25) is 4.79 Å². The average molecular weight is 350 g/mol. The van der Waals surface area contributed by atoms with Crippen molar-refractivity contribution >= 4 is 35.0 Å². The number of thioether (sulfide) groups is 1. The number of rotatable bonds is 7. The van der Waals surface area contributed by atoms with Gasteiger partial charge in [0.25, 0.3) is 0 Å². The Bertz CT molecular complexity index is 662. The van der Waals surface area contributed by atoms with Gasteiger partial charge in [0.1, 0.15) is 5.75 Å². The minimum atomic E-state index is -0.0151. The maximum absolute atomic E-state index is 12.1. The van der Waals surface area contributed by atoms with Gasteiger partial charge >= 0.3 is 0 Å². The molecule has 122 valence electrons. The molecule has 0 aliphatic carbocycles. The van der Waals surface area contributed by atoms with E-state index >= 15 is 0 Å². The Morgan fingerprint density at radius 1 is 1.26 bits per heavy atom. The highest BCUT2D eigenvalue weighted by atomic mass is 35.5. The summed E-state index contributed by atoms with van der Waals surface area (Å²) in [4.78, 5) is 13.3. The largest absolute Gasteiger partial charge is 0.495 e. The van der Waals surface area contributed by atoms with E-state index in [-0.39, 0.29) is 5.91 Å². The summed E-state index contributed by atoms with van der Waals surface area (Å²) in [5.74, 6) is 1.47. The van der Waals surface area contributed by atoms with Crippen LogP contribution in [0.2, 0.25) is 5.02 Å². The van der Waals surface area contributed by atoms with E-state index in [0.29, 0.717) is 22.9 Å². The second-order valence-corrected chi connectivity index (χ2v) is 6.69. The van der Waals surface area contributed by atoms with Crippen LogP contribution in [-0.2, 0) is 4.79 Å². The molecule has 2 rings (SSSR count). The first kappa shape index (κ1) is 17.7. The topological polar surface area (TPSA) is 38.3 Å². The van der Waals surface area contributed by atoms with Gasteiger partial charge in [-0.1, -0.05) is 29.8 Å². The van der Waals surface area contributed by atoms with E-state index in [4.69, 9.17) is 16.3 Å². The molecule has 0 spiro atoms. The zero-order valence-corrected chi connectivity index (χ0v) is 14.8. The molecule has 0 unspecified atom stereocenters. The minimum absolute atomic E-state index is 0.0151. The number of hydrogen-bond acceptors (Lipinski definition) is 3. The molecule has 0 saturated heterocycles. The average Bonchev–Trinajstić information content (AvgIpc) is 2.56. The third-order valence-electron chi connectivity index (χ3n) is 3.31. The summed E-state index contributed by atoms with van der Waals surface area (Å²) in [5, 5.41) is 3.52. The maximum Gasteiger partial charge on any atom is 0.224 e. The van der Waals surface area contributed by atoms with Crippen LogP contribution in [0.4, 0.5) is 5.69 Å². The Balaban J connectivity index is 1.82. The predicted molar refractivity (Wildman–Crippen MR) is 97.8 cm³/mol. The number of nitrogens with one attached hydrogen (secondary N) is 1. The zero-order valence-electron chi connectivity index (χ0n) is 13.3. The second-order valence-electron chi connectivity index (χ2n) is 5.11. The number of amides is 1. The highest BCUT2D eigenvalue weighted by Gasteiger charge is 2.10. The number of carbonyl (C=O) groups excluding carboxylic acids is 1. The van der Waals surface area contributed by atoms with Crippen LogP contribution >= 0.6 is 23.4 Å². The third-order valence-corrected chi connectivity index (χ3v) is 4.82. The molecule has 0 aliphatic heterocycles. The van der Waals surface area contributed by atoms with Crippen LogP contribution in [0, 0.1) is 6.92 Å². The van der Waals surface area contributed by atoms with Crippen molar-refractivity contribution in [1.82, 2.24) is 0 Å². The summed E-state index contributed by atoms with van der Waals surface area (Å²) in [6.07, 6.45) is 1.30. The Morgan fingerprint density at radius 2 is 2.00 bits per heavy atom. The number of hydrogen-bond donors (Lipinski definition) is 1. The quantitative estimate of drug-likeness (QED) is 0.553. The molecule has 0 atom stereocenters. The van der Waals surface area contributed by atoms with E-state index in [0.717, 1.165) is 17.7 Å². The lowest BCUT2D eigenvalue weighted by Gasteiger charge is -2.12. The second kappa shape index (κ2) is 8.85. The van der Waals surface area contributed by atoms with E-state index in [1.54, 1.807) is 24.9 Å². The van der Waals surface area contributed by atoms with E-state index in [9.17, 15) is 4.79 Å². The zero-order chi connectivity index (χ0) is 16.7. The summed E-state index contributed by atoms with van der Waals surface area (Å²) >= 11 is 7.82. The first-order chi connectivity index (χ1) is 11.1. The van der Waals surface area contributed by atoms with Crippen molar-refractivity contribution in [3.63, 3.8) is 0 Å². The molecule has 23 heavy (non-hydrogen) atoms. The number of anilines is 1. The number of aryl methyl sites for hydroxylation is 1. The van der Waals surface area contributed by atoms with Crippen molar-refractivity contribution in [3.8, 4) is 5.75 Å². The van der Waals surface area contributed by atoms with E-state index < -0.39 is 0 Å². The smallest absolute Gasteiger partial charge is 0.224 e. The fourth-order valence-corrected chi connectivity index (χ4v) is 3.11. The van der Waals surface area contributed by atoms with Gasteiger partial charge in [-0.2, -0.15) is 0 Å². The lowest BCUT2D eigenvalue weighted by molar-refractivity contribution is -0.116. The molecule has 0 saturated carbocycles. The van der Waals surface area contributed by atoms with Crippen LogP contribution in [0.1, 0.15) is 18.4 Å². The van der Waals surface area contributed by atoms with Gasteiger partial charge in [-0.05, 0) is 42.9 Å². The summed E-state index contributed by atoms with van der Waals surface area (Å²) in [6.45, 7) is 1.90. The molecule has 3 nitrogen and oxygen atoms in total. The normalized spacial score (nSPS) is 10.4. The third kappa shape index (κ3) is 5.48. The molecule has 0 fully saturated rings. The van der Waals surface area contributed by atoms with Crippen molar-refractivity contribution in [2.24, 2.45) is 0 Å². The Morgan fingerprint density at radius 3 is 2.70 bits per heavy atom. The fourth-order valence-electron chi connectivity index (χ4n) is 2.08. The molecular weight excluding hydrogens is 330 g/mol. The van der Waals surface area contributed by atoms with Crippen LogP contribution in [0.3, 0.4) is 0 Å². The fraction of sp³-hybridized carbons (Fsp3) is 0.278. The molecule has 2 aromatic rings. The van der Waals surface area contributed by atoms with Gasteiger partial charge in [0.15, 0.2) is 0 Å². The summed E-state index contributed by atoms with van der Waals surface area (Å²) in [5.41, 5.74) is 1.57. The number of halogens is 1. The van der Waals surface area contributed by atoms with Crippen LogP contribution in [0.25, 0.3) is 0 Å². The molecule has 0 heterocycles. The first-order valence-electron chi connectivity index (χ1n) is 7.42. The molecule has 0 aliphatic rings. The van der Waals surface area contributed by atoms with Crippen LogP contribution in [0.15, 0.2) is 47.4 Å². The molecule has 2 aromatic carbocycles. The number of methoxy groups -OCH3 is 1. The van der Waals surface area contributed by atoms with E-state index in [1.807, 2.05) is 31.2 Å². The van der Waals surface area contributed by atoms with Gasteiger partial charge < -0.3 is 10.1 Å². The standard InChI is InChI=1S/C18H20ClNO2S/c1-13-11-16(17(22-2)12-15(13)19)20-18(21)9-6-10-23-14-7-4-3-5-8-14/h3-5,7-8,11-12H,6,9-10H2,1-2H3,(H,20,21). The van der Waals surface area contributed by atoms with Crippen LogP contribution < -0.4 is 10.1 Å².